The first-order valence-electron chi connectivity index (χ1n) is 8.91. The van der Waals surface area contributed by atoms with Crippen molar-refractivity contribution in [3.8, 4) is 17.2 Å². The third-order valence-corrected chi connectivity index (χ3v) is 4.27. The molecular weight excluding hydrogens is 354 g/mol. The number of amides is 1. The van der Waals surface area contributed by atoms with Crippen LogP contribution in [-0.4, -0.2) is 20.1 Å². The van der Waals surface area contributed by atoms with Crippen molar-refractivity contribution in [1.29, 1.82) is 0 Å². The molecule has 0 bridgehead atoms. The zero-order valence-electron chi connectivity index (χ0n) is 16.2. The molecule has 0 aliphatic heterocycles. The second-order valence-electron chi connectivity index (χ2n) is 6.29. The summed E-state index contributed by atoms with van der Waals surface area (Å²) in [5, 5.41) is 2.92. The van der Waals surface area contributed by atoms with Gasteiger partial charge >= 0.3 is 0 Å². The molecule has 0 aromatic heterocycles. The van der Waals surface area contributed by atoms with Crippen molar-refractivity contribution in [1.82, 2.24) is 0 Å². The molecule has 0 saturated heterocycles. The van der Waals surface area contributed by atoms with Crippen LogP contribution in [0.1, 0.15) is 21.5 Å². The van der Waals surface area contributed by atoms with E-state index in [-0.39, 0.29) is 12.5 Å². The minimum atomic E-state index is -0.188. The SMILES string of the molecule is COc1ccc(C(=O)Nc2cccc(C)c2)cc1COc1ccccc1OC. The molecule has 5 heteroatoms. The number of carbonyl (C=O) groups is 1. The summed E-state index contributed by atoms with van der Waals surface area (Å²) in [6, 6.07) is 20.4. The molecule has 0 unspecified atom stereocenters. The van der Waals surface area contributed by atoms with Crippen LogP contribution in [-0.2, 0) is 6.61 Å². The van der Waals surface area contributed by atoms with Crippen molar-refractivity contribution in [2.45, 2.75) is 13.5 Å². The summed E-state index contributed by atoms with van der Waals surface area (Å²) in [6.45, 7) is 2.23. The summed E-state index contributed by atoms with van der Waals surface area (Å²) in [5.41, 5.74) is 3.14. The number of anilines is 1. The number of ether oxygens (including phenoxy) is 3. The van der Waals surface area contributed by atoms with Gasteiger partial charge in [-0.25, -0.2) is 0 Å². The van der Waals surface area contributed by atoms with E-state index >= 15 is 0 Å². The highest BCUT2D eigenvalue weighted by Crippen LogP contribution is 2.28. The van der Waals surface area contributed by atoms with Crippen LogP contribution in [0.3, 0.4) is 0 Å². The van der Waals surface area contributed by atoms with E-state index in [1.807, 2.05) is 55.5 Å². The van der Waals surface area contributed by atoms with Gasteiger partial charge < -0.3 is 19.5 Å². The zero-order valence-corrected chi connectivity index (χ0v) is 16.2. The number of hydrogen-bond acceptors (Lipinski definition) is 4. The van der Waals surface area contributed by atoms with Gasteiger partial charge in [-0.05, 0) is 55.0 Å². The topological polar surface area (TPSA) is 56.8 Å². The molecule has 5 nitrogen and oxygen atoms in total. The Hall–Kier alpha value is -3.47. The van der Waals surface area contributed by atoms with E-state index in [2.05, 4.69) is 5.32 Å². The van der Waals surface area contributed by atoms with Crippen LogP contribution >= 0.6 is 0 Å². The standard InChI is InChI=1S/C23H23NO4/c1-16-7-6-8-19(13-16)24-23(25)17-11-12-20(26-2)18(14-17)15-28-22-10-5-4-9-21(22)27-3/h4-14H,15H2,1-3H3,(H,24,25). The van der Waals surface area contributed by atoms with Gasteiger partial charge in [-0.15, -0.1) is 0 Å². The van der Waals surface area contributed by atoms with Crippen LogP contribution in [0.15, 0.2) is 66.7 Å². The second-order valence-corrected chi connectivity index (χ2v) is 6.29. The fraction of sp³-hybridized carbons (Fsp3) is 0.174. The Labute approximate surface area is 164 Å². The van der Waals surface area contributed by atoms with Gasteiger partial charge in [-0.2, -0.15) is 0 Å². The van der Waals surface area contributed by atoms with E-state index in [0.717, 1.165) is 16.8 Å². The number of aryl methyl sites for hydroxylation is 1. The van der Waals surface area contributed by atoms with Crippen molar-refractivity contribution in [3.63, 3.8) is 0 Å². The van der Waals surface area contributed by atoms with Crippen LogP contribution in [0.4, 0.5) is 5.69 Å². The monoisotopic (exact) mass is 377 g/mol. The maximum absolute atomic E-state index is 12.6. The number of benzene rings is 3. The Morgan fingerprint density at radius 3 is 2.32 bits per heavy atom. The largest absolute Gasteiger partial charge is 0.496 e. The van der Waals surface area contributed by atoms with Gasteiger partial charge in [0, 0.05) is 16.8 Å². The molecule has 3 aromatic rings. The highest BCUT2D eigenvalue weighted by molar-refractivity contribution is 6.04. The number of methoxy groups -OCH3 is 2. The molecule has 1 N–H and O–H groups in total. The maximum Gasteiger partial charge on any atom is 0.255 e. The smallest absolute Gasteiger partial charge is 0.255 e. The number of rotatable bonds is 7. The molecular formula is C23H23NO4. The molecule has 0 aliphatic carbocycles. The molecule has 3 aromatic carbocycles. The average molecular weight is 377 g/mol. The summed E-state index contributed by atoms with van der Waals surface area (Å²) in [7, 11) is 3.19. The van der Waals surface area contributed by atoms with E-state index in [9.17, 15) is 4.79 Å². The van der Waals surface area contributed by atoms with E-state index < -0.39 is 0 Å². The highest BCUT2D eigenvalue weighted by atomic mass is 16.5. The van der Waals surface area contributed by atoms with Crippen LogP contribution in [0.2, 0.25) is 0 Å². The Bertz CT molecular complexity index is 968. The predicted molar refractivity (Wildman–Crippen MR) is 109 cm³/mol. The first-order chi connectivity index (χ1) is 13.6. The summed E-state index contributed by atoms with van der Waals surface area (Å²) in [6.07, 6.45) is 0. The van der Waals surface area contributed by atoms with Crippen molar-refractivity contribution >= 4 is 11.6 Å². The third-order valence-electron chi connectivity index (χ3n) is 4.27. The summed E-state index contributed by atoms with van der Waals surface area (Å²) in [4.78, 5) is 12.6. The quantitative estimate of drug-likeness (QED) is 0.640. The number of nitrogens with one attached hydrogen (secondary N) is 1. The lowest BCUT2D eigenvalue weighted by molar-refractivity contribution is 0.102. The van der Waals surface area contributed by atoms with Crippen molar-refractivity contribution < 1.29 is 19.0 Å². The molecule has 3 rings (SSSR count). The van der Waals surface area contributed by atoms with E-state index in [1.165, 1.54) is 0 Å². The van der Waals surface area contributed by atoms with Gasteiger partial charge in [-0.3, -0.25) is 4.79 Å². The van der Waals surface area contributed by atoms with E-state index in [4.69, 9.17) is 14.2 Å². The maximum atomic E-state index is 12.6. The molecule has 28 heavy (non-hydrogen) atoms. The minimum absolute atomic E-state index is 0.188. The fourth-order valence-electron chi connectivity index (χ4n) is 2.85. The van der Waals surface area contributed by atoms with Crippen LogP contribution in [0.25, 0.3) is 0 Å². The molecule has 0 aliphatic rings. The lowest BCUT2D eigenvalue weighted by atomic mass is 10.1. The van der Waals surface area contributed by atoms with Crippen LogP contribution in [0.5, 0.6) is 17.2 Å². The van der Waals surface area contributed by atoms with Gasteiger partial charge in [0.2, 0.25) is 0 Å². The lowest BCUT2D eigenvalue weighted by Crippen LogP contribution is -2.13. The molecule has 1 amide bonds. The molecule has 0 fully saturated rings. The van der Waals surface area contributed by atoms with Gasteiger partial charge in [0.1, 0.15) is 12.4 Å². The summed E-state index contributed by atoms with van der Waals surface area (Å²) >= 11 is 0. The van der Waals surface area contributed by atoms with Gasteiger partial charge in [0.25, 0.3) is 5.91 Å². The highest BCUT2D eigenvalue weighted by Gasteiger charge is 2.12. The third kappa shape index (κ3) is 4.62. The Morgan fingerprint density at radius 2 is 1.61 bits per heavy atom. The fourth-order valence-corrected chi connectivity index (χ4v) is 2.85. The molecule has 0 saturated carbocycles. The Kier molecular flexibility index (Phi) is 6.17. The van der Waals surface area contributed by atoms with E-state index in [0.29, 0.717) is 22.8 Å². The normalized spacial score (nSPS) is 10.2. The summed E-state index contributed by atoms with van der Waals surface area (Å²) < 4.78 is 16.6. The lowest BCUT2D eigenvalue weighted by Gasteiger charge is -2.14. The van der Waals surface area contributed by atoms with Crippen molar-refractivity contribution in [3.05, 3.63) is 83.4 Å². The van der Waals surface area contributed by atoms with Gasteiger partial charge in [-0.1, -0.05) is 24.3 Å². The molecule has 0 heterocycles. The number of carbonyl (C=O) groups excluding carboxylic acids is 1. The molecule has 0 atom stereocenters. The van der Waals surface area contributed by atoms with Crippen LogP contribution < -0.4 is 19.5 Å². The zero-order chi connectivity index (χ0) is 19.9. The van der Waals surface area contributed by atoms with E-state index in [1.54, 1.807) is 32.4 Å². The first-order valence-corrected chi connectivity index (χ1v) is 8.91. The first kappa shape index (κ1) is 19.3. The van der Waals surface area contributed by atoms with Crippen molar-refractivity contribution in [2.75, 3.05) is 19.5 Å². The molecule has 0 spiro atoms. The Morgan fingerprint density at radius 1 is 0.857 bits per heavy atom. The number of hydrogen-bond donors (Lipinski definition) is 1. The molecule has 144 valence electrons. The van der Waals surface area contributed by atoms with Crippen LogP contribution in [0, 0.1) is 6.92 Å². The average Bonchev–Trinajstić information content (AvgIpc) is 2.72. The Balaban J connectivity index is 1.78. The molecule has 0 radical (unpaired) electrons. The van der Waals surface area contributed by atoms with Gasteiger partial charge in [0.05, 0.1) is 14.2 Å². The minimum Gasteiger partial charge on any atom is -0.496 e. The second kappa shape index (κ2) is 8.95. The number of para-hydroxylation sites is 2. The van der Waals surface area contributed by atoms with Crippen molar-refractivity contribution in [2.24, 2.45) is 0 Å². The van der Waals surface area contributed by atoms with Gasteiger partial charge in [0.15, 0.2) is 11.5 Å². The summed E-state index contributed by atoms with van der Waals surface area (Å²) in [5.74, 6) is 1.74. The predicted octanol–water partition coefficient (Wildman–Crippen LogP) is 4.84.